The van der Waals surface area contributed by atoms with Crippen LogP contribution in [0.5, 0.6) is 0 Å². The number of piperidine rings is 1. The Morgan fingerprint density at radius 1 is 1.27 bits per heavy atom. The third-order valence-corrected chi connectivity index (χ3v) is 4.07. The predicted molar refractivity (Wildman–Crippen MR) is 91.7 cm³/mol. The van der Waals surface area contributed by atoms with Crippen molar-refractivity contribution in [2.24, 2.45) is 0 Å². The number of nitrogens with zero attached hydrogens (tertiary/aromatic N) is 3. The van der Waals surface area contributed by atoms with Crippen LogP contribution in [0.2, 0.25) is 5.02 Å². The fourth-order valence-corrected chi connectivity index (χ4v) is 2.80. The molecule has 0 radical (unpaired) electrons. The second kappa shape index (κ2) is 8.13. The molecule has 1 aliphatic heterocycles. The first-order chi connectivity index (χ1) is 9.73. The minimum absolute atomic E-state index is 0. The number of nitrogens with one attached hydrogen (secondary N) is 1. The molecule has 1 N–H and O–H groups in total. The molecular formula is C14H19Cl3N4O. The molecule has 0 unspecified atom stereocenters. The van der Waals surface area contributed by atoms with E-state index < -0.39 is 0 Å². The van der Waals surface area contributed by atoms with Gasteiger partial charge in [-0.1, -0.05) is 22.9 Å². The van der Waals surface area contributed by atoms with Gasteiger partial charge in [-0.3, -0.25) is 0 Å². The van der Waals surface area contributed by atoms with Crippen molar-refractivity contribution in [3.05, 3.63) is 41.2 Å². The van der Waals surface area contributed by atoms with Gasteiger partial charge < -0.3 is 10.1 Å². The van der Waals surface area contributed by atoms with E-state index in [4.69, 9.17) is 16.3 Å². The van der Waals surface area contributed by atoms with Crippen molar-refractivity contribution >= 4 is 36.4 Å². The molecule has 2 aromatic rings. The van der Waals surface area contributed by atoms with E-state index in [-0.39, 0.29) is 30.4 Å². The van der Waals surface area contributed by atoms with Crippen molar-refractivity contribution in [2.45, 2.75) is 18.4 Å². The Bertz CT molecular complexity index is 599. The fraction of sp³-hybridized carbons (Fsp3) is 0.429. The maximum Gasteiger partial charge on any atom is 0.115 e. The summed E-state index contributed by atoms with van der Waals surface area (Å²) in [6, 6.07) is 7.55. The molecule has 3 rings (SSSR count). The summed E-state index contributed by atoms with van der Waals surface area (Å²) in [6.07, 6.45) is 3.73. The Morgan fingerprint density at radius 2 is 2.00 bits per heavy atom. The van der Waals surface area contributed by atoms with E-state index >= 15 is 0 Å². The molecule has 122 valence electrons. The van der Waals surface area contributed by atoms with E-state index in [2.05, 4.69) is 15.6 Å². The molecule has 0 bridgehead atoms. The zero-order chi connectivity index (χ0) is 14.0. The van der Waals surface area contributed by atoms with E-state index in [1.54, 1.807) is 11.8 Å². The van der Waals surface area contributed by atoms with Crippen molar-refractivity contribution in [1.29, 1.82) is 0 Å². The zero-order valence-corrected chi connectivity index (χ0v) is 14.5. The average molecular weight is 366 g/mol. The van der Waals surface area contributed by atoms with Crippen LogP contribution in [0.15, 0.2) is 30.5 Å². The lowest BCUT2D eigenvalue weighted by molar-refractivity contribution is -0.0426. The van der Waals surface area contributed by atoms with E-state index in [9.17, 15) is 0 Å². The van der Waals surface area contributed by atoms with Crippen LogP contribution in [0.1, 0.15) is 18.5 Å². The van der Waals surface area contributed by atoms with Crippen LogP contribution >= 0.6 is 36.4 Å². The van der Waals surface area contributed by atoms with E-state index in [0.717, 1.165) is 37.3 Å². The molecule has 1 aromatic heterocycles. The standard InChI is InChI=1S/C14H17ClN4O.2ClH/c1-20-14(5-7-16-8-6-14)13-10-19(18-17-13)12-4-2-3-11(15)9-12;;/h2-4,9-10,16H,5-8H2,1H3;2*1H. The summed E-state index contributed by atoms with van der Waals surface area (Å²) in [6.45, 7) is 1.86. The number of ether oxygens (including phenoxy) is 1. The van der Waals surface area contributed by atoms with Crippen molar-refractivity contribution in [3.8, 4) is 5.69 Å². The first-order valence-electron chi connectivity index (χ1n) is 6.68. The highest BCUT2D eigenvalue weighted by molar-refractivity contribution is 6.30. The number of hydrogen-bond acceptors (Lipinski definition) is 4. The van der Waals surface area contributed by atoms with E-state index in [1.807, 2.05) is 30.5 Å². The maximum atomic E-state index is 6.01. The van der Waals surface area contributed by atoms with Gasteiger partial charge in [0.1, 0.15) is 11.3 Å². The topological polar surface area (TPSA) is 52.0 Å². The van der Waals surface area contributed by atoms with E-state index in [1.165, 1.54) is 0 Å². The highest BCUT2D eigenvalue weighted by Crippen LogP contribution is 2.32. The van der Waals surface area contributed by atoms with Gasteiger partial charge in [-0.25, -0.2) is 4.68 Å². The van der Waals surface area contributed by atoms with Crippen molar-refractivity contribution in [3.63, 3.8) is 0 Å². The van der Waals surface area contributed by atoms with E-state index in [0.29, 0.717) is 5.02 Å². The molecule has 2 heterocycles. The summed E-state index contributed by atoms with van der Waals surface area (Å²) < 4.78 is 7.50. The van der Waals surface area contributed by atoms with Crippen molar-refractivity contribution in [1.82, 2.24) is 20.3 Å². The quantitative estimate of drug-likeness (QED) is 0.908. The third-order valence-electron chi connectivity index (χ3n) is 3.83. The van der Waals surface area contributed by atoms with Gasteiger partial charge in [-0.05, 0) is 44.1 Å². The number of benzene rings is 1. The van der Waals surface area contributed by atoms with Gasteiger partial charge >= 0.3 is 0 Å². The average Bonchev–Trinajstić information content (AvgIpc) is 2.98. The molecular weight excluding hydrogens is 347 g/mol. The monoisotopic (exact) mass is 364 g/mol. The molecule has 1 fully saturated rings. The molecule has 1 saturated heterocycles. The Balaban J connectivity index is 0.00000121. The number of rotatable bonds is 3. The Hall–Kier alpha value is -0.850. The minimum Gasteiger partial charge on any atom is -0.372 e. The van der Waals surface area contributed by atoms with Gasteiger partial charge in [-0.15, -0.1) is 29.9 Å². The molecule has 1 aliphatic rings. The van der Waals surface area contributed by atoms with Crippen LogP contribution in [0.25, 0.3) is 5.69 Å². The summed E-state index contributed by atoms with van der Waals surface area (Å²) >= 11 is 6.01. The van der Waals surface area contributed by atoms with Gasteiger partial charge in [0.05, 0.1) is 11.9 Å². The van der Waals surface area contributed by atoms with Gasteiger partial charge in [0.25, 0.3) is 0 Å². The maximum absolute atomic E-state index is 6.01. The van der Waals surface area contributed by atoms with Gasteiger partial charge in [-0.2, -0.15) is 0 Å². The molecule has 0 saturated carbocycles. The molecule has 0 spiro atoms. The van der Waals surface area contributed by atoms with Gasteiger partial charge in [0.15, 0.2) is 0 Å². The smallest absolute Gasteiger partial charge is 0.115 e. The lowest BCUT2D eigenvalue weighted by atomic mass is 9.89. The van der Waals surface area contributed by atoms with Gasteiger partial charge in [0, 0.05) is 12.1 Å². The first kappa shape index (κ1) is 19.2. The summed E-state index contributed by atoms with van der Waals surface area (Å²) in [5.41, 5.74) is 1.44. The van der Waals surface area contributed by atoms with Crippen LogP contribution in [0.3, 0.4) is 0 Å². The normalized spacial score (nSPS) is 16.5. The fourth-order valence-electron chi connectivity index (χ4n) is 2.61. The summed E-state index contributed by atoms with van der Waals surface area (Å²) in [4.78, 5) is 0. The molecule has 8 heteroatoms. The van der Waals surface area contributed by atoms with Gasteiger partial charge in [0.2, 0.25) is 0 Å². The van der Waals surface area contributed by atoms with Crippen LogP contribution in [-0.4, -0.2) is 35.2 Å². The summed E-state index contributed by atoms with van der Waals surface area (Å²) in [7, 11) is 1.74. The molecule has 0 atom stereocenters. The number of hydrogen-bond donors (Lipinski definition) is 1. The summed E-state index contributed by atoms with van der Waals surface area (Å²) in [5.74, 6) is 0. The molecule has 22 heavy (non-hydrogen) atoms. The van der Waals surface area contributed by atoms with Crippen LogP contribution in [0, 0.1) is 0 Å². The second-order valence-electron chi connectivity index (χ2n) is 4.98. The third kappa shape index (κ3) is 3.73. The molecule has 5 nitrogen and oxygen atoms in total. The first-order valence-corrected chi connectivity index (χ1v) is 7.06. The number of methoxy groups -OCH3 is 1. The largest absolute Gasteiger partial charge is 0.372 e. The Labute approximate surface area is 147 Å². The lowest BCUT2D eigenvalue weighted by Crippen LogP contribution is -2.41. The van der Waals surface area contributed by atoms with Crippen molar-refractivity contribution < 1.29 is 4.74 Å². The number of aromatic nitrogens is 3. The van der Waals surface area contributed by atoms with Crippen LogP contribution in [-0.2, 0) is 10.3 Å². The molecule has 0 amide bonds. The Kier molecular flexibility index (Phi) is 7.09. The molecule has 0 aliphatic carbocycles. The number of halogens is 3. The molecule has 1 aromatic carbocycles. The lowest BCUT2D eigenvalue weighted by Gasteiger charge is -2.34. The SMILES string of the molecule is COC1(c2cn(-c3cccc(Cl)c3)nn2)CCNCC1.Cl.Cl. The Morgan fingerprint density at radius 3 is 2.64 bits per heavy atom. The highest BCUT2D eigenvalue weighted by atomic mass is 35.5. The van der Waals surface area contributed by atoms with Crippen molar-refractivity contribution in [2.75, 3.05) is 20.2 Å². The second-order valence-corrected chi connectivity index (χ2v) is 5.41. The van der Waals surface area contributed by atoms with Crippen LogP contribution in [0.4, 0.5) is 0 Å². The zero-order valence-electron chi connectivity index (χ0n) is 12.2. The summed E-state index contributed by atoms with van der Waals surface area (Å²) in [5, 5.41) is 12.5. The highest BCUT2D eigenvalue weighted by Gasteiger charge is 2.36. The predicted octanol–water partition coefficient (Wildman–Crippen LogP) is 2.99. The minimum atomic E-state index is -0.331. The van der Waals surface area contributed by atoms with Crippen LogP contribution < -0.4 is 5.32 Å².